The molecule has 46 heavy (non-hydrogen) atoms. The number of ether oxygens (including phenoxy) is 3. The van der Waals surface area contributed by atoms with Crippen LogP contribution in [-0.4, -0.2) is 69.9 Å². The summed E-state index contributed by atoms with van der Waals surface area (Å²) in [4.78, 5) is 36.0. The van der Waals surface area contributed by atoms with Gasteiger partial charge in [0.15, 0.2) is 0 Å². The molecule has 0 heterocycles. The largest absolute Gasteiger partial charge is 0.497 e. The number of benzene rings is 3. The van der Waals surface area contributed by atoms with E-state index in [2.05, 4.69) is 21.5 Å². The van der Waals surface area contributed by atoms with Gasteiger partial charge in [0, 0.05) is 26.2 Å². The second-order valence-corrected chi connectivity index (χ2v) is 10.6. The standard InChI is InChI=1S/C35H46N4O7/c1-44-30-18-14-28(15-19-30)35(27-11-5-3-6-12-27,29-16-20-31(45-2)21-17-29)46-24-10-8-22-36-33(42)25-37-34(43)26-38-39-32(41)13-7-4-9-23-40/h3,5-6,11-12,14-21,38,40H,4,7-10,13,22-26H2,1-2H3,(H,36,42)(H,37,43)(H,39,41). The number of hydrazine groups is 1. The van der Waals surface area contributed by atoms with Gasteiger partial charge in [0.2, 0.25) is 17.7 Å². The number of amides is 3. The Morgan fingerprint density at radius 3 is 1.83 bits per heavy atom. The quantitative estimate of drug-likeness (QED) is 0.0682. The third kappa shape index (κ3) is 11.2. The number of carbonyl (C=O) groups is 3. The third-order valence-electron chi connectivity index (χ3n) is 7.37. The van der Waals surface area contributed by atoms with Crippen LogP contribution in [0.2, 0.25) is 0 Å². The number of carbonyl (C=O) groups excluding carboxylic acids is 3. The van der Waals surface area contributed by atoms with Crippen LogP contribution in [0.5, 0.6) is 11.5 Å². The molecule has 3 aromatic rings. The van der Waals surface area contributed by atoms with Crippen LogP contribution in [0, 0.1) is 0 Å². The van der Waals surface area contributed by atoms with Crippen LogP contribution < -0.4 is 31.0 Å². The van der Waals surface area contributed by atoms with Gasteiger partial charge in [0.25, 0.3) is 0 Å². The fourth-order valence-electron chi connectivity index (χ4n) is 4.92. The van der Waals surface area contributed by atoms with E-state index in [0.717, 1.165) is 34.6 Å². The number of hydrogen-bond acceptors (Lipinski definition) is 8. The monoisotopic (exact) mass is 634 g/mol. The zero-order chi connectivity index (χ0) is 33.0. The smallest absolute Gasteiger partial charge is 0.239 e. The summed E-state index contributed by atoms with van der Waals surface area (Å²) >= 11 is 0. The molecule has 248 valence electrons. The van der Waals surface area contributed by atoms with Crippen LogP contribution in [0.3, 0.4) is 0 Å². The lowest BCUT2D eigenvalue weighted by Gasteiger charge is -2.36. The van der Waals surface area contributed by atoms with Crippen LogP contribution in [0.15, 0.2) is 78.9 Å². The van der Waals surface area contributed by atoms with Crippen LogP contribution >= 0.6 is 0 Å². The summed E-state index contributed by atoms with van der Waals surface area (Å²) in [6.45, 7) is 0.620. The fraction of sp³-hybridized carbons (Fsp3) is 0.400. The molecule has 3 aromatic carbocycles. The van der Waals surface area contributed by atoms with Crippen LogP contribution in [0.1, 0.15) is 55.2 Å². The summed E-state index contributed by atoms with van der Waals surface area (Å²) in [5.74, 6) is 0.533. The predicted molar refractivity (Wildman–Crippen MR) is 175 cm³/mol. The SMILES string of the molecule is COc1ccc(C(OCCCCNC(=O)CNC(=O)CNNC(=O)CCCCCO)(c2ccccc2)c2ccc(OC)cc2)cc1. The average molecular weight is 635 g/mol. The van der Waals surface area contributed by atoms with E-state index in [1.807, 2.05) is 78.9 Å². The van der Waals surface area contributed by atoms with Gasteiger partial charge in [-0.15, -0.1) is 0 Å². The van der Waals surface area contributed by atoms with Gasteiger partial charge in [-0.2, -0.15) is 0 Å². The lowest BCUT2D eigenvalue weighted by molar-refractivity contribution is -0.126. The fourth-order valence-corrected chi connectivity index (χ4v) is 4.92. The zero-order valence-corrected chi connectivity index (χ0v) is 26.7. The minimum atomic E-state index is -0.902. The molecule has 0 saturated carbocycles. The van der Waals surface area contributed by atoms with Crippen molar-refractivity contribution < 1.29 is 33.7 Å². The molecule has 0 spiro atoms. The van der Waals surface area contributed by atoms with Crippen molar-refractivity contribution in [3.8, 4) is 11.5 Å². The Balaban J connectivity index is 1.50. The molecule has 0 aliphatic heterocycles. The molecule has 11 nitrogen and oxygen atoms in total. The lowest BCUT2D eigenvalue weighted by atomic mass is 9.80. The Labute approximate surface area is 271 Å². The molecular weight excluding hydrogens is 588 g/mol. The first-order valence-corrected chi connectivity index (χ1v) is 15.6. The molecule has 3 rings (SSSR count). The van der Waals surface area contributed by atoms with E-state index in [9.17, 15) is 14.4 Å². The van der Waals surface area contributed by atoms with E-state index in [1.54, 1.807) is 14.2 Å². The molecule has 3 amide bonds. The Bertz CT molecular complexity index is 1290. The van der Waals surface area contributed by atoms with Crippen molar-refractivity contribution in [2.75, 3.05) is 47.1 Å². The molecule has 0 saturated heterocycles. The predicted octanol–water partition coefficient (Wildman–Crippen LogP) is 3.20. The van der Waals surface area contributed by atoms with Gasteiger partial charge in [-0.05, 0) is 66.6 Å². The number of nitrogens with one attached hydrogen (secondary N) is 4. The third-order valence-corrected chi connectivity index (χ3v) is 7.37. The molecule has 0 aromatic heterocycles. The summed E-state index contributed by atoms with van der Waals surface area (Å²) in [5.41, 5.74) is 6.97. The first-order valence-electron chi connectivity index (χ1n) is 15.6. The number of rotatable bonds is 21. The molecule has 0 unspecified atom stereocenters. The number of methoxy groups -OCH3 is 2. The maximum absolute atomic E-state index is 12.3. The molecule has 0 radical (unpaired) electrons. The highest BCUT2D eigenvalue weighted by Gasteiger charge is 2.37. The summed E-state index contributed by atoms with van der Waals surface area (Å²) in [7, 11) is 3.27. The number of hydrogen-bond donors (Lipinski definition) is 5. The maximum Gasteiger partial charge on any atom is 0.239 e. The van der Waals surface area contributed by atoms with Crippen LogP contribution in [0.25, 0.3) is 0 Å². The summed E-state index contributed by atoms with van der Waals surface area (Å²) in [6, 6.07) is 25.8. The second-order valence-electron chi connectivity index (χ2n) is 10.6. The normalized spacial score (nSPS) is 11.0. The highest BCUT2D eigenvalue weighted by atomic mass is 16.5. The topological polar surface area (TPSA) is 147 Å². The van der Waals surface area contributed by atoms with E-state index in [0.29, 0.717) is 45.3 Å². The van der Waals surface area contributed by atoms with Crippen molar-refractivity contribution in [3.05, 3.63) is 95.6 Å². The minimum absolute atomic E-state index is 0.105. The van der Waals surface area contributed by atoms with Gasteiger partial charge in [0.05, 0.1) is 27.3 Å². The van der Waals surface area contributed by atoms with E-state index < -0.39 is 11.5 Å². The second kappa shape index (κ2) is 19.8. The van der Waals surface area contributed by atoms with Crippen molar-refractivity contribution in [1.29, 1.82) is 0 Å². The van der Waals surface area contributed by atoms with Gasteiger partial charge < -0.3 is 30.0 Å². The molecule has 0 aliphatic rings. The van der Waals surface area contributed by atoms with Crippen molar-refractivity contribution in [2.24, 2.45) is 0 Å². The first kappa shape index (κ1) is 36.0. The number of aliphatic hydroxyl groups excluding tert-OH is 1. The van der Waals surface area contributed by atoms with E-state index in [1.165, 1.54) is 0 Å². The molecule has 5 N–H and O–H groups in total. The number of unbranched alkanes of at least 4 members (excludes halogenated alkanes) is 3. The van der Waals surface area contributed by atoms with Crippen molar-refractivity contribution in [3.63, 3.8) is 0 Å². The first-order chi connectivity index (χ1) is 22.4. The van der Waals surface area contributed by atoms with E-state index in [-0.39, 0.29) is 31.5 Å². The van der Waals surface area contributed by atoms with Crippen LogP contribution in [-0.2, 0) is 24.7 Å². The summed E-state index contributed by atoms with van der Waals surface area (Å²) in [5, 5.41) is 14.1. The van der Waals surface area contributed by atoms with E-state index >= 15 is 0 Å². The van der Waals surface area contributed by atoms with Gasteiger partial charge in [0.1, 0.15) is 17.1 Å². The van der Waals surface area contributed by atoms with Gasteiger partial charge >= 0.3 is 0 Å². The number of aliphatic hydroxyl groups is 1. The molecular formula is C35H46N4O7. The van der Waals surface area contributed by atoms with Gasteiger partial charge in [-0.1, -0.05) is 61.0 Å². The van der Waals surface area contributed by atoms with Crippen LogP contribution in [0.4, 0.5) is 0 Å². The van der Waals surface area contributed by atoms with Gasteiger partial charge in [-0.3, -0.25) is 19.8 Å². The Morgan fingerprint density at radius 1 is 0.652 bits per heavy atom. The summed E-state index contributed by atoms with van der Waals surface area (Å²) in [6.07, 6.45) is 3.72. The van der Waals surface area contributed by atoms with Crippen molar-refractivity contribution >= 4 is 17.7 Å². The Morgan fingerprint density at radius 2 is 1.24 bits per heavy atom. The zero-order valence-electron chi connectivity index (χ0n) is 26.7. The Hall–Kier alpha value is -4.45. The minimum Gasteiger partial charge on any atom is -0.497 e. The molecule has 0 fully saturated rings. The average Bonchev–Trinajstić information content (AvgIpc) is 3.09. The highest BCUT2D eigenvalue weighted by molar-refractivity contribution is 5.85. The van der Waals surface area contributed by atoms with E-state index in [4.69, 9.17) is 19.3 Å². The maximum atomic E-state index is 12.3. The summed E-state index contributed by atoms with van der Waals surface area (Å²) < 4.78 is 17.6. The van der Waals surface area contributed by atoms with Crippen molar-refractivity contribution in [2.45, 2.75) is 44.1 Å². The molecule has 0 atom stereocenters. The molecule has 0 bridgehead atoms. The molecule has 11 heteroatoms. The van der Waals surface area contributed by atoms with Crippen molar-refractivity contribution in [1.82, 2.24) is 21.5 Å². The molecule has 0 aliphatic carbocycles. The Kier molecular flexibility index (Phi) is 15.5. The lowest BCUT2D eigenvalue weighted by Crippen LogP contribution is -2.46. The van der Waals surface area contributed by atoms with Gasteiger partial charge in [-0.25, -0.2) is 5.43 Å². The highest BCUT2D eigenvalue weighted by Crippen LogP contribution is 2.41.